The van der Waals surface area contributed by atoms with Crippen LogP contribution in [0.25, 0.3) is 0 Å². The highest BCUT2D eigenvalue weighted by Gasteiger charge is 2.43. The van der Waals surface area contributed by atoms with Gasteiger partial charge in [0.25, 0.3) is 0 Å². The summed E-state index contributed by atoms with van der Waals surface area (Å²) in [6.07, 6.45) is 2.06. The molecule has 0 bridgehead atoms. The van der Waals surface area contributed by atoms with Crippen LogP contribution in [0.1, 0.15) is 58.1 Å². The second kappa shape index (κ2) is 7.31. The van der Waals surface area contributed by atoms with Gasteiger partial charge in [-0.05, 0) is 58.6 Å². The van der Waals surface area contributed by atoms with Crippen molar-refractivity contribution >= 4 is 17.0 Å². The Hall–Kier alpha value is -1.27. The van der Waals surface area contributed by atoms with Gasteiger partial charge in [0.15, 0.2) is 0 Å². The monoisotopic (exact) mass is 355 g/mol. The van der Waals surface area contributed by atoms with Crippen molar-refractivity contribution in [2.75, 3.05) is 6.61 Å². The van der Waals surface area contributed by atoms with Crippen LogP contribution in [0.2, 0.25) is 0 Å². The van der Waals surface area contributed by atoms with Crippen molar-refractivity contribution in [2.24, 2.45) is 0 Å². The van der Waals surface area contributed by atoms with Gasteiger partial charge < -0.3 is 4.74 Å². The molecule has 0 heterocycles. The molecule has 0 fully saturated rings. The van der Waals surface area contributed by atoms with Gasteiger partial charge in [-0.15, -0.1) is 0 Å². The average Bonchev–Trinajstić information content (AvgIpc) is 2.46. The number of carbonyl (C=O) groups is 1. The number of hydrogen-bond acceptors (Lipinski definition) is 3. The second-order valence-electron chi connectivity index (χ2n) is 7.17. The molecule has 2 unspecified atom stereocenters. The number of esters is 1. The van der Waals surface area contributed by atoms with Crippen LogP contribution in [0.4, 0.5) is 4.39 Å². The van der Waals surface area contributed by atoms with Gasteiger partial charge in [-0.1, -0.05) is 12.1 Å². The number of nitrogens with one attached hydrogen (secondary N) is 1. The molecular formula is C18H26FNO3S. The van der Waals surface area contributed by atoms with Crippen molar-refractivity contribution in [3.8, 4) is 0 Å². The minimum atomic E-state index is -1.43. The molecule has 1 N–H and O–H groups in total. The number of halogens is 1. The molecule has 1 aromatic carbocycles. The van der Waals surface area contributed by atoms with E-state index in [4.69, 9.17) is 4.74 Å². The lowest BCUT2D eigenvalue weighted by Crippen LogP contribution is -2.51. The molecule has 6 heteroatoms. The molecule has 2 rings (SSSR count). The van der Waals surface area contributed by atoms with Crippen LogP contribution in [-0.2, 0) is 32.5 Å². The molecule has 1 aliphatic rings. The van der Waals surface area contributed by atoms with Crippen LogP contribution in [0.5, 0.6) is 0 Å². The Balaban J connectivity index is 2.49. The zero-order chi connectivity index (χ0) is 18.0. The summed E-state index contributed by atoms with van der Waals surface area (Å²) in [6.45, 7) is 7.54. The van der Waals surface area contributed by atoms with E-state index in [1.54, 1.807) is 13.0 Å². The Morgan fingerprint density at radius 3 is 2.75 bits per heavy atom. The van der Waals surface area contributed by atoms with E-state index in [-0.39, 0.29) is 18.8 Å². The molecule has 0 aromatic heterocycles. The third-order valence-corrected chi connectivity index (χ3v) is 5.91. The Labute approximate surface area is 145 Å². The van der Waals surface area contributed by atoms with Gasteiger partial charge in [0.2, 0.25) is 0 Å². The van der Waals surface area contributed by atoms with Crippen molar-refractivity contribution in [2.45, 2.75) is 63.7 Å². The first-order valence-corrected chi connectivity index (χ1v) is 9.48. The van der Waals surface area contributed by atoms with Crippen molar-refractivity contribution in [1.29, 1.82) is 0 Å². The van der Waals surface area contributed by atoms with Crippen LogP contribution in [0.3, 0.4) is 0 Å². The van der Waals surface area contributed by atoms with E-state index in [1.807, 2.05) is 26.8 Å². The fourth-order valence-electron chi connectivity index (χ4n) is 3.12. The largest absolute Gasteiger partial charge is 0.466 e. The molecule has 0 saturated heterocycles. The highest BCUT2D eigenvalue weighted by atomic mass is 32.2. The second-order valence-corrected chi connectivity index (χ2v) is 9.14. The number of rotatable bonds is 5. The molecule has 0 saturated carbocycles. The molecule has 2 atom stereocenters. The number of aryl methyl sites for hydroxylation is 1. The zero-order valence-electron chi connectivity index (χ0n) is 14.8. The number of benzene rings is 1. The Kier molecular flexibility index (Phi) is 5.81. The number of hydrogen-bond donors (Lipinski definition) is 1. The fourth-order valence-corrected chi connectivity index (χ4v) is 4.06. The molecule has 0 radical (unpaired) electrons. The van der Waals surface area contributed by atoms with E-state index < -0.39 is 27.2 Å². The van der Waals surface area contributed by atoms with Gasteiger partial charge in [-0.25, -0.2) is 13.3 Å². The maximum atomic E-state index is 14.7. The van der Waals surface area contributed by atoms with E-state index >= 15 is 0 Å². The summed E-state index contributed by atoms with van der Waals surface area (Å²) in [7, 11) is -1.43. The van der Waals surface area contributed by atoms with Crippen LogP contribution < -0.4 is 4.72 Å². The SMILES string of the molecule is CCOC(=O)CC1(NS(=O)C(C)(C)C)CCCc2cccc(F)c21. The van der Waals surface area contributed by atoms with Crippen molar-refractivity contribution in [3.05, 3.63) is 35.1 Å². The van der Waals surface area contributed by atoms with E-state index in [0.29, 0.717) is 12.0 Å². The molecular weight excluding hydrogens is 329 g/mol. The molecule has 0 spiro atoms. The van der Waals surface area contributed by atoms with E-state index in [2.05, 4.69) is 4.72 Å². The highest BCUT2D eigenvalue weighted by molar-refractivity contribution is 7.84. The molecule has 4 nitrogen and oxygen atoms in total. The first kappa shape index (κ1) is 19.1. The normalized spacial score (nSPS) is 21.9. The summed E-state index contributed by atoms with van der Waals surface area (Å²) in [4.78, 5) is 12.2. The highest BCUT2D eigenvalue weighted by Crippen LogP contribution is 2.40. The maximum absolute atomic E-state index is 14.7. The van der Waals surface area contributed by atoms with Gasteiger partial charge in [0, 0.05) is 5.56 Å². The van der Waals surface area contributed by atoms with Gasteiger partial charge in [0.1, 0.15) is 5.82 Å². The summed E-state index contributed by atoms with van der Waals surface area (Å²) < 4.78 is 35.0. The van der Waals surface area contributed by atoms with Crippen LogP contribution in [0, 0.1) is 5.82 Å². The Bertz CT molecular complexity index is 642. The lowest BCUT2D eigenvalue weighted by Gasteiger charge is -2.40. The van der Waals surface area contributed by atoms with Crippen LogP contribution >= 0.6 is 0 Å². The van der Waals surface area contributed by atoms with Crippen molar-refractivity contribution < 1.29 is 18.1 Å². The average molecular weight is 355 g/mol. The molecule has 1 aliphatic carbocycles. The summed E-state index contributed by atoms with van der Waals surface area (Å²) in [5, 5.41) is 0. The molecule has 1 aromatic rings. The lowest BCUT2D eigenvalue weighted by atomic mass is 9.75. The number of fused-ring (bicyclic) bond motifs is 1. The topological polar surface area (TPSA) is 55.4 Å². The maximum Gasteiger partial charge on any atom is 0.308 e. The van der Waals surface area contributed by atoms with E-state index in [9.17, 15) is 13.4 Å². The predicted octanol–water partition coefficient (Wildman–Crippen LogP) is 3.36. The quantitative estimate of drug-likeness (QED) is 0.824. The predicted molar refractivity (Wildman–Crippen MR) is 93.3 cm³/mol. The fraction of sp³-hybridized carbons (Fsp3) is 0.611. The molecule has 134 valence electrons. The number of ether oxygens (including phenoxy) is 1. The van der Waals surface area contributed by atoms with Gasteiger partial charge in [-0.2, -0.15) is 0 Å². The summed E-state index contributed by atoms with van der Waals surface area (Å²) in [5.74, 6) is -0.776. The van der Waals surface area contributed by atoms with Gasteiger partial charge in [-0.3, -0.25) is 4.79 Å². The third kappa shape index (κ3) is 4.03. The Morgan fingerprint density at radius 2 is 2.12 bits per heavy atom. The standard InChI is InChI=1S/C18H26FNO3S/c1-5-23-15(21)12-18(20-24(22)17(2,3)4)11-7-9-13-8-6-10-14(19)16(13)18/h6,8,10,20H,5,7,9,11-12H2,1-4H3. The van der Waals surface area contributed by atoms with Crippen LogP contribution in [-0.4, -0.2) is 21.5 Å². The minimum absolute atomic E-state index is 0.0312. The molecule has 0 aliphatic heterocycles. The van der Waals surface area contributed by atoms with Crippen molar-refractivity contribution in [1.82, 2.24) is 4.72 Å². The van der Waals surface area contributed by atoms with E-state index in [1.165, 1.54) is 6.07 Å². The zero-order valence-corrected chi connectivity index (χ0v) is 15.6. The first-order valence-electron chi connectivity index (χ1n) is 8.33. The van der Waals surface area contributed by atoms with Gasteiger partial charge in [0.05, 0.1) is 34.3 Å². The smallest absolute Gasteiger partial charge is 0.308 e. The van der Waals surface area contributed by atoms with E-state index in [0.717, 1.165) is 18.4 Å². The number of carbonyl (C=O) groups excluding carboxylic acids is 1. The third-order valence-electron chi connectivity index (χ3n) is 4.22. The summed E-state index contributed by atoms with van der Waals surface area (Å²) >= 11 is 0. The van der Waals surface area contributed by atoms with Gasteiger partial charge >= 0.3 is 5.97 Å². The molecule has 24 heavy (non-hydrogen) atoms. The van der Waals surface area contributed by atoms with Crippen molar-refractivity contribution in [3.63, 3.8) is 0 Å². The summed E-state index contributed by atoms with van der Waals surface area (Å²) in [5.41, 5.74) is 0.328. The lowest BCUT2D eigenvalue weighted by molar-refractivity contribution is -0.145. The Morgan fingerprint density at radius 1 is 1.42 bits per heavy atom. The first-order chi connectivity index (χ1) is 11.2. The minimum Gasteiger partial charge on any atom is -0.466 e. The molecule has 0 amide bonds. The van der Waals surface area contributed by atoms with Crippen LogP contribution in [0.15, 0.2) is 18.2 Å². The summed E-state index contributed by atoms with van der Waals surface area (Å²) in [6, 6.07) is 4.94.